The monoisotopic (exact) mass is 409 g/mol. The summed E-state index contributed by atoms with van der Waals surface area (Å²) in [7, 11) is 1.57. The van der Waals surface area contributed by atoms with Crippen LogP contribution in [-0.2, 0) is 22.6 Å². The minimum absolute atomic E-state index is 0.127. The van der Waals surface area contributed by atoms with Gasteiger partial charge in [-0.15, -0.1) is 0 Å². The average Bonchev–Trinajstić information content (AvgIpc) is 2.72. The van der Waals surface area contributed by atoms with Gasteiger partial charge in [-0.1, -0.05) is 12.1 Å². The lowest BCUT2D eigenvalue weighted by atomic mass is 10.2. The predicted octanol–water partition coefficient (Wildman–Crippen LogP) is 2.32. The van der Waals surface area contributed by atoms with Gasteiger partial charge in [0.25, 0.3) is 5.56 Å². The van der Waals surface area contributed by atoms with Crippen LogP contribution >= 0.6 is 0 Å². The minimum Gasteiger partial charge on any atom is -0.383 e. The second-order valence-corrected chi connectivity index (χ2v) is 6.66. The molecule has 1 aromatic heterocycles. The maximum Gasteiger partial charge on any atom is 0.323 e. The number of fused-ring (bicyclic) bond motifs is 1. The van der Waals surface area contributed by atoms with Crippen molar-refractivity contribution in [1.82, 2.24) is 14.9 Å². The topological polar surface area (TPSA) is 114 Å². The van der Waals surface area contributed by atoms with E-state index in [4.69, 9.17) is 4.74 Å². The Morgan fingerprint density at radius 1 is 1.10 bits per heavy atom. The standard InChI is InChI=1S/C21H23N5O4/c1-14(27)22-12-15-4-3-5-16(10-15)24-21(29)25-17-6-7-19-18(11-17)20(28)26(13-23-19)8-9-30-2/h3-7,10-11,13H,8-9,12H2,1-2H3,(H,22,27)(H2,24,25,29). The molecular weight excluding hydrogens is 386 g/mol. The first-order valence-electron chi connectivity index (χ1n) is 9.36. The quantitative estimate of drug-likeness (QED) is 0.554. The fourth-order valence-electron chi connectivity index (χ4n) is 2.86. The number of hydrogen-bond donors (Lipinski definition) is 3. The van der Waals surface area contributed by atoms with Gasteiger partial charge >= 0.3 is 6.03 Å². The van der Waals surface area contributed by atoms with Gasteiger partial charge in [0.05, 0.1) is 30.4 Å². The zero-order valence-corrected chi connectivity index (χ0v) is 16.8. The molecule has 0 fully saturated rings. The van der Waals surface area contributed by atoms with Crippen molar-refractivity contribution >= 4 is 34.2 Å². The Balaban J connectivity index is 1.72. The third-order valence-electron chi connectivity index (χ3n) is 4.34. The van der Waals surface area contributed by atoms with Crippen LogP contribution in [0.2, 0.25) is 0 Å². The van der Waals surface area contributed by atoms with E-state index >= 15 is 0 Å². The minimum atomic E-state index is -0.449. The molecule has 2 aromatic carbocycles. The lowest BCUT2D eigenvalue weighted by molar-refractivity contribution is -0.119. The molecule has 0 unspecified atom stereocenters. The van der Waals surface area contributed by atoms with Gasteiger partial charge < -0.3 is 20.7 Å². The number of aromatic nitrogens is 2. The van der Waals surface area contributed by atoms with Gasteiger partial charge in [-0.05, 0) is 35.9 Å². The van der Waals surface area contributed by atoms with Crippen molar-refractivity contribution in [3.05, 3.63) is 64.7 Å². The highest BCUT2D eigenvalue weighted by atomic mass is 16.5. The van der Waals surface area contributed by atoms with Gasteiger partial charge in [0.2, 0.25) is 5.91 Å². The molecular formula is C21H23N5O4. The first kappa shape index (κ1) is 21.0. The molecule has 1 heterocycles. The van der Waals surface area contributed by atoms with E-state index in [1.54, 1.807) is 43.5 Å². The van der Waals surface area contributed by atoms with Gasteiger partial charge in [0.1, 0.15) is 0 Å². The number of anilines is 2. The number of amides is 3. The molecule has 30 heavy (non-hydrogen) atoms. The number of urea groups is 1. The van der Waals surface area contributed by atoms with Crippen LogP contribution < -0.4 is 21.5 Å². The van der Waals surface area contributed by atoms with E-state index in [1.807, 2.05) is 6.07 Å². The van der Waals surface area contributed by atoms with Gasteiger partial charge in [0, 0.05) is 32.0 Å². The average molecular weight is 409 g/mol. The second-order valence-electron chi connectivity index (χ2n) is 6.66. The first-order chi connectivity index (χ1) is 14.5. The van der Waals surface area contributed by atoms with E-state index in [1.165, 1.54) is 17.8 Å². The molecule has 0 saturated carbocycles. The second kappa shape index (κ2) is 9.66. The molecule has 0 bridgehead atoms. The van der Waals surface area contributed by atoms with Gasteiger partial charge in [0.15, 0.2) is 0 Å². The summed E-state index contributed by atoms with van der Waals surface area (Å²) in [5.41, 5.74) is 2.26. The lowest BCUT2D eigenvalue weighted by Gasteiger charge is -2.10. The fraction of sp³-hybridized carbons (Fsp3) is 0.238. The van der Waals surface area contributed by atoms with Crippen LogP contribution in [0.4, 0.5) is 16.2 Å². The highest BCUT2D eigenvalue weighted by Gasteiger charge is 2.08. The van der Waals surface area contributed by atoms with Crippen LogP contribution in [0.15, 0.2) is 53.6 Å². The van der Waals surface area contributed by atoms with Crippen molar-refractivity contribution in [3.8, 4) is 0 Å². The first-order valence-corrected chi connectivity index (χ1v) is 9.36. The summed E-state index contributed by atoms with van der Waals surface area (Å²) in [5.74, 6) is -0.127. The summed E-state index contributed by atoms with van der Waals surface area (Å²) in [6, 6.07) is 11.7. The van der Waals surface area contributed by atoms with E-state index in [-0.39, 0.29) is 11.5 Å². The molecule has 9 nitrogen and oxygen atoms in total. The normalized spacial score (nSPS) is 10.6. The van der Waals surface area contributed by atoms with Gasteiger partial charge in [-0.2, -0.15) is 0 Å². The molecule has 156 valence electrons. The number of nitrogens with one attached hydrogen (secondary N) is 3. The number of nitrogens with zero attached hydrogens (tertiary/aromatic N) is 2. The molecule has 0 aliphatic heterocycles. The molecule has 0 aliphatic carbocycles. The zero-order valence-electron chi connectivity index (χ0n) is 16.8. The molecule has 3 rings (SSSR count). The number of carbonyl (C=O) groups is 2. The highest BCUT2D eigenvalue weighted by Crippen LogP contribution is 2.16. The van der Waals surface area contributed by atoms with E-state index < -0.39 is 6.03 Å². The summed E-state index contributed by atoms with van der Waals surface area (Å²) < 4.78 is 6.48. The van der Waals surface area contributed by atoms with Crippen molar-refractivity contribution in [2.45, 2.75) is 20.0 Å². The van der Waals surface area contributed by atoms with Crippen molar-refractivity contribution in [1.29, 1.82) is 0 Å². The van der Waals surface area contributed by atoms with Gasteiger partial charge in [-0.25, -0.2) is 9.78 Å². The molecule has 3 N–H and O–H groups in total. The maximum atomic E-state index is 12.6. The largest absolute Gasteiger partial charge is 0.383 e. The van der Waals surface area contributed by atoms with Crippen LogP contribution in [0.5, 0.6) is 0 Å². The lowest BCUT2D eigenvalue weighted by Crippen LogP contribution is -2.23. The molecule has 9 heteroatoms. The number of hydrogen-bond acceptors (Lipinski definition) is 5. The van der Waals surface area contributed by atoms with Crippen molar-refractivity contribution < 1.29 is 14.3 Å². The van der Waals surface area contributed by atoms with Crippen LogP contribution in [0.3, 0.4) is 0 Å². The fourth-order valence-corrected chi connectivity index (χ4v) is 2.86. The van der Waals surface area contributed by atoms with Crippen LogP contribution in [0.25, 0.3) is 10.9 Å². The van der Waals surface area contributed by atoms with E-state index in [2.05, 4.69) is 20.9 Å². The summed E-state index contributed by atoms with van der Waals surface area (Å²) >= 11 is 0. The number of benzene rings is 2. The molecule has 0 aliphatic rings. The summed E-state index contributed by atoms with van der Waals surface area (Å²) in [6.45, 7) is 2.61. The SMILES string of the molecule is COCCn1cnc2ccc(NC(=O)Nc3cccc(CNC(C)=O)c3)cc2c1=O. The van der Waals surface area contributed by atoms with Crippen molar-refractivity contribution in [3.63, 3.8) is 0 Å². The molecule has 3 amide bonds. The van der Waals surface area contributed by atoms with Crippen molar-refractivity contribution in [2.75, 3.05) is 24.4 Å². The Labute approximate surface area is 173 Å². The van der Waals surface area contributed by atoms with Crippen LogP contribution in [0.1, 0.15) is 12.5 Å². The molecule has 3 aromatic rings. The number of methoxy groups -OCH3 is 1. The maximum absolute atomic E-state index is 12.6. The van der Waals surface area contributed by atoms with Gasteiger partial charge in [-0.3, -0.25) is 14.2 Å². The number of rotatable bonds is 7. The molecule has 0 radical (unpaired) electrons. The third kappa shape index (κ3) is 5.42. The summed E-state index contributed by atoms with van der Waals surface area (Å²) in [4.78, 5) is 40.3. The highest BCUT2D eigenvalue weighted by molar-refractivity contribution is 6.00. The molecule has 0 atom stereocenters. The van der Waals surface area contributed by atoms with E-state index in [0.29, 0.717) is 42.0 Å². The smallest absolute Gasteiger partial charge is 0.323 e. The number of carbonyl (C=O) groups excluding carboxylic acids is 2. The summed E-state index contributed by atoms with van der Waals surface area (Å²) in [5, 5.41) is 8.58. The van der Waals surface area contributed by atoms with E-state index in [0.717, 1.165) is 5.56 Å². The van der Waals surface area contributed by atoms with Crippen LogP contribution in [-0.4, -0.2) is 35.2 Å². The molecule has 0 spiro atoms. The Hall–Kier alpha value is -3.72. The Morgan fingerprint density at radius 3 is 2.60 bits per heavy atom. The zero-order chi connectivity index (χ0) is 21.5. The Kier molecular flexibility index (Phi) is 6.76. The summed E-state index contributed by atoms with van der Waals surface area (Å²) in [6.07, 6.45) is 1.48. The predicted molar refractivity (Wildman–Crippen MR) is 114 cm³/mol. The van der Waals surface area contributed by atoms with Crippen LogP contribution in [0, 0.1) is 0 Å². The number of ether oxygens (including phenoxy) is 1. The third-order valence-corrected chi connectivity index (χ3v) is 4.34. The molecule has 0 saturated heterocycles. The van der Waals surface area contributed by atoms with Crippen molar-refractivity contribution in [2.24, 2.45) is 0 Å². The Morgan fingerprint density at radius 2 is 1.87 bits per heavy atom. The Bertz CT molecular complexity index is 1130. The van der Waals surface area contributed by atoms with E-state index in [9.17, 15) is 14.4 Å².